The number of nitrogens with one attached hydrogen (secondary N) is 1. The molecule has 1 N–H and O–H groups in total. The maximum absolute atomic E-state index is 11.5. The van der Waals surface area contributed by atoms with Gasteiger partial charge in [-0.15, -0.1) is 11.3 Å². The van der Waals surface area contributed by atoms with E-state index < -0.39 is 28.4 Å². The number of hydrogen-bond acceptors (Lipinski definition) is 7. The van der Waals surface area contributed by atoms with Crippen molar-refractivity contribution in [2.75, 3.05) is 7.11 Å². The van der Waals surface area contributed by atoms with Crippen LogP contribution in [0.15, 0.2) is 0 Å². The molecule has 0 bridgehead atoms. The monoisotopic (exact) mass is 362 g/mol. The summed E-state index contributed by atoms with van der Waals surface area (Å²) in [4.78, 5) is 4.34. The van der Waals surface area contributed by atoms with Crippen molar-refractivity contribution in [3.05, 3.63) is 14.5 Å². The van der Waals surface area contributed by atoms with Crippen LogP contribution < -0.4 is 4.72 Å². The maximum Gasteiger partial charge on any atom is 0.337 e. The standard InChI is InChI=1S/C9H12Cl2N2O5S2/c1-9(2)17-4(5-6(10)12-8(11)19-5)7(18-9)13-20(14,15)16-3/h4,7,13H,1-3H3/t4-,7-/m1/s1. The topological polar surface area (TPSA) is 86.8 Å². The van der Waals surface area contributed by atoms with E-state index >= 15 is 0 Å². The smallest absolute Gasteiger partial charge is 0.337 e. The molecule has 114 valence electrons. The number of hydrogen-bond donors (Lipinski definition) is 1. The number of halogens is 2. The van der Waals surface area contributed by atoms with Crippen molar-refractivity contribution in [1.82, 2.24) is 9.71 Å². The molecule has 0 saturated carbocycles. The first-order valence-electron chi connectivity index (χ1n) is 5.39. The minimum Gasteiger partial charge on any atom is -0.337 e. The highest BCUT2D eigenvalue weighted by Crippen LogP contribution is 2.43. The predicted octanol–water partition coefficient (Wildman–Crippen LogP) is 2.08. The summed E-state index contributed by atoms with van der Waals surface area (Å²) in [6, 6.07) is 0. The van der Waals surface area contributed by atoms with Gasteiger partial charge in [-0.1, -0.05) is 23.2 Å². The summed E-state index contributed by atoms with van der Waals surface area (Å²) in [5.74, 6) is -0.995. The molecule has 0 spiro atoms. The summed E-state index contributed by atoms with van der Waals surface area (Å²) in [5.41, 5.74) is 0. The molecule has 2 atom stereocenters. The second kappa shape index (κ2) is 5.65. The van der Waals surface area contributed by atoms with Crippen LogP contribution in [-0.2, 0) is 24.0 Å². The van der Waals surface area contributed by atoms with Gasteiger partial charge in [-0.3, -0.25) is 4.18 Å². The summed E-state index contributed by atoms with van der Waals surface area (Å²) in [5, 5.41) is 0.146. The molecule has 11 heteroatoms. The number of thiazole rings is 1. The van der Waals surface area contributed by atoms with Crippen LogP contribution in [0, 0.1) is 0 Å². The van der Waals surface area contributed by atoms with E-state index in [9.17, 15) is 8.42 Å². The van der Waals surface area contributed by atoms with Gasteiger partial charge in [0.15, 0.2) is 16.5 Å². The molecule has 1 aliphatic heterocycles. The highest BCUT2D eigenvalue weighted by atomic mass is 35.5. The average Bonchev–Trinajstić information content (AvgIpc) is 2.77. The van der Waals surface area contributed by atoms with Crippen LogP contribution in [0.25, 0.3) is 0 Å². The van der Waals surface area contributed by atoms with E-state index in [-0.39, 0.29) is 9.62 Å². The molecular formula is C9H12Cl2N2O5S2. The van der Waals surface area contributed by atoms with E-state index in [4.69, 9.17) is 32.7 Å². The van der Waals surface area contributed by atoms with E-state index in [2.05, 4.69) is 13.9 Å². The highest BCUT2D eigenvalue weighted by Gasteiger charge is 2.45. The van der Waals surface area contributed by atoms with Crippen LogP contribution >= 0.6 is 34.5 Å². The largest absolute Gasteiger partial charge is 0.337 e. The van der Waals surface area contributed by atoms with Crippen LogP contribution in [0.3, 0.4) is 0 Å². The lowest BCUT2D eigenvalue weighted by molar-refractivity contribution is -0.147. The lowest BCUT2D eigenvalue weighted by Gasteiger charge is -2.16. The zero-order valence-corrected chi connectivity index (χ0v) is 13.9. The first kappa shape index (κ1) is 16.4. The Bertz CT molecular complexity index is 603. The van der Waals surface area contributed by atoms with Gasteiger partial charge >= 0.3 is 10.3 Å². The highest BCUT2D eigenvalue weighted by molar-refractivity contribution is 7.84. The van der Waals surface area contributed by atoms with E-state index in [0.29, 0.717) is 4.88 Å². The van der Waals surface area contributed by atoms with Crippen molar-refractivity contribution in [3.8, 4) is 0 Å². The molecule has 2 heterocycles. The number of aromatic nitrogens is 1. The first-order valence-corrected chi connectivity index (χ1v) is 8.37. The van der Waals surface area contributed by atoms with Gasteiger partial charge in [0.05, 0.1) is 12.0 Å². The van der Waals surface area contributed by atoms with Crippen molar-refractivity contribution in [3.63, 3.8) is 0 Å². The molecule has 2 rings (SSSR count). The normalized spacial score (nSPS) is 26.1. The Morgan fingerprint density at radius 2 is 2.05 bits per heavy atom. The van der Waals surface area contributed by atoms with E-state index in [1.807, 2.05) is 0 Å². The fraction of sp³-hybridized carbons (Fsp3) is 0.667. The molecule has 1 aromatic rings. The fourth-order valence-electron chi connectivity index (χ4n) is 1.69. The number of nitrogens with zero attached hydrogens (tertiary/aromatic N) is 1. The van der Waals surface area contributed by atoms with Gasteiger partial charge in [0, 0.05) is 0 Å². The van der Waals surface area contributed by atoms with Crippen LogP contribution in [-0.4, -0.2) is 32.5 Å². The second-order valence-corrected chi connectivity index (χ2v) is 7.79. The van der Waals surface area contributed by atoms with Gasteiger partial charge in [-0.05, 0) is 13.8 Å². The first-order chi connectivity index (χ1) is 9.13. The zero-order chi connectivity index (χ0) is 15.1. The van der Waals surface area contributed by atoms with Crippen LogP contribution in [0.5, 0.6) is 0 Å². The van der Waals surface area contributed by atoms with Gasteiger partial charge in [-0.25, -0.2) is 4.98 Å². The molecule has 1 saturated heterocycles. The molecule has 0 unspecified atom stereocenters. The van der Waals surface area contributed by atoms with E-state index in [0.717, 1.165) is 18.4 Å². The quantitative estimate of drug-likeness (QED) is 0.882. The Hall–Kier alpha value is -0.000000000000000167. The minimum atomic E-state index is -3.95. The summed E-state index contributed by atoms with van der Waals surface area (Å²) in [6.07, 6.45) is -1.77. The van der Waals surface area contributed by atoms with Gasteiger partial charge in [0.1, 0.15) is 11.3 Å². The van der Waals surface area contributed by atoms with Crippen molar-refractivity contribution < 1.29 is 22.1 Å². The van der Waals surface area contributed by atoms with Crippen molar-refractivity contribution in [1.29, 1.82) is 0 Å². The van der Waals surface area contributed by atoms with Crippen LogP contribution in [0.4, 0.5) is 0 Å². The summed E-state index contributed by atoms with van der Waals surface area (Å²) in [6.45, 7) is 3.30. The molecule has 1 aromatic heterocycles. The van der Waals surface area contributed by atoms with Gasteiger partial charge in [0.25, 0.3) is 0 Å². The fourth-order valence-corrected chi connectivity index (χ4v) is 3.72. The lowest BCUT2D eigenvalue weighted by Crippen LogP contribution is -2.39. The summed E-state index contributed by atoms with van der Waals surface area (Å²) >= 11 is 12.8. The third-order valence-electron chi connectivity index (χ3n) is 2.42. The Kier molecular flexibility index (Phi) is 4.63. The molecule has 1 fully saturated rings. The third-order valence-corrected chi connectivity index (χ3v) is 5.00. The summed E-state index contributed by atoms with van der Waals surface area (Å²) in [7, 11) is -2.91. The molecule has 0 radical (unpaired) electrons. The van der Waals surface area contributed by atoms with Crippen molar-refractivity contribution in [2.24, 2.45) is 0 Å². The molecule has 0 amide bonds. The van der Waals surface area contributed by atoms with Crippen LogP contribution in [0.2, 0.25) is 9.62 Å². The van der Waals surface area contributed by atoms with Gasteiger partial charge in [-0.2, -0.15) is 13.1 Å². The zero-order valence-electron chi connectivity index (χ0n) is 10.7. The van der Waals surface area contributed by atoms with Gasteiger partial charge < -0.3 is 9.47 Å². The van der Waals surface area contributed by atoms with Crippen LogP contribution in [0.1, 0.15) is 24.8 Å². The van der Waals surface area contributed by atoms with Crippen molar-refractivity contribution in [2.45, 2.75) is 32.0 Å². The number of ether oxygens (including phenoxy) is 2. The molecular weight excluding hydrogens is 351 g/mol. The van der Waals surface area contributed by atoms with Crippen molar-refractivity contribution >= 4 is 44.8 Å². The molecule has 7 nitrogen and oxygen atoms in total. The number of rotatable bonds is 4. The van der Waals surface area contributed by atoms with Gasteiger partial charge in [0.2, 0.25) is 0 Å². The molecule has 0 aliphatic carbocycles. The Morgan fingerprint density at radius 3 is 2.55 bits per heavy atom. The average molecular weight is 363 g/mol. The lowest BCUT2D eigenvalue weighted by atomic mass is 10.3. The maximum atomic E-state index is 11.5. The Morgan fingerprint density at radius 1 is 1.40 bits per heavy atom. The summed E-state index contributed by atoms with van der Waals surface area (Å²) < 4.78 is 40.9. The molecule has 0 aromatic carbocycles. The third kappa shape index (κ3) is 3.60. The SMILES string of the molecule is COS(=O)(=O)N[C@@H]1OC(C)(C)O[C@@H]1c1sc(Cl)nc1Cl. The predicted molar refractivity (Wildman–Crippen MR) is 74.0 cm³/mol. The second-order valence-electron chi connectivity index (χ2n) is 4.34. The Labute approximate surface area is 130 Å². The molecule has 1 aliphatic rings. The van der Waals surface area contributed by atoms with E-state index in [1.165, 1.54) is 0 Å². The minimum absolute atomic E-state index is 0.146. The van der Waals surface area contributed by atoms with E-state index in [1.54, 1.807) is 13.8 Å². The Balaban J connectivity index is 2.31. The molecule has 20 heavy (non-hydrogen) atoms.